The van der Waals surface area contributed by atoms with Gasteiger partial charge in [0, 0.05) is 22.5 Å². The van der Waals surface area contributed by atoms with Crippen LogP contribution in [0.4, 0.5) is 5.69 Å². The second-order valence-electron chi connectivity index (χ2n) is 7.81. The summed E-state index contributed by atoms with van der Waals surface area (Å²) in [6.07, 6.45) is 1.35. The van der Waals surface area contributed by atoms with E-state index < -0.39 is 16.1 Å². The van der Waals surface area contributed by atoms with Gasteiger partial charge in [-0.15, -0.1) is 15.7 Å². The van der Waals surface area contributed by atoms with Crippen molar-refractivity contribution in [3.8, 4) is 0 Å². The van der Waals surface area contributed by atoms with Gasteiger partial charge in [0.15, 0.2) is 5.84 Å². The van der Waals surface area contributed by atoms with Crippen molar-refractivity contribution in [1.82, 2.24) is 4.90 Å². The Morgan fingerprint density at radius 1 is 1.21 bits per heavy atom. The number of ether oxygens (including phenoxy) is 1. The zero-order valence-corrected chi connectivity index (χ0v) is 19.4. The molecule has 1 amide bonds. The molecular weight excluding hydrogens is 462 g/mol. The molecule has 2 aliphatic rings. The number of likely N-dealkylation sites (tertiary alicyclic amines) is 1. The first-order valence-electron chi connectivity index (χ1n) is 10.6. The van der Waals surface area contributed by atoms with Gasteiger partial charge in [-0.1, -0.05) is 12.1 Å². The van der Waals surface area contributed by atoms with Gasteiger partial charge in [-0.2, -0.15) is 8.42 Å². The normalized spacial score (nSPS) is 18.8. The van der Waals surface area contributed by atoms with Crippen LogP contribution < -0.4 is 5.32 Å². The molecule has 170 valence electrons. The minimum atomic E-state index is -3.76. The summed E-state index contributed by atoms with van der Waals surface area (Å²) in [5.41, 5.74) is 1.14. The first-order valence-corrected chi connectivity index (χ1v) is 12.9. The smallest absolute Gasteiger partial charge is 0.348 e. The van der Waals surface area contributed by atoms with Crippen molar-refractivity contribution < 1.29 is 22.7 Å². The fourth-order valence-electron chi connectivity index (χ4n) is 4.24. The second kappa shape index (κ2) is 8.27. The van der Waals surface area contributed by atoms with Gasteiger partial charge in [0.25, 0.3) is 10.0 Å². The highest BCUT2D eigenvalue weighted by atomic mass is 32.2. The topological polar surface area (TPSA) is 105 Å². The van der Waals surface area contributed by atoms with Crippen LogP contribution in [0, 0.1) is 0 Å². The third-order valence-corrected chi connectivity index (χ3v) is 8.12. The Morgan fingerprint density at radius 2 is 2.03 bits per heavy atom. The van der Waals surface area contributed by atoms with Gasteiger partial charge < -0.3 is 15.0 Å². The molecule has 3 heterocycles. The number of benzene rings is 2. The lowest BCUT2D eigenvalue weighted by atomic mass is 10.1. The number of carbonyl (C=O) groups is 2. The van der Waals surface area contributed by atoms with Crippen LogP contribution in [0.15, 0.2) is 57.8 Å². The van der Waals surface area contributed by atoms with E-state index in [0.717, 1.165) is 16.5 Å². The van der Waals surface area contributed by atoms with Gasteiger partial charge in [0.1, 0.15) is 15.8 Å². The Hall–Kier alpha value is -3.24. The van der Waals surface area contributed by atoms with Crippen LogP contribution in [0.2, 0.25) is 0 Å². The Kier molecular flexibility index (Phi) is 5.41. The third kappa shape index (κ3) is 3.89. The maximum atomic E-state index is 13.2. The molecule has 2 aromatic carbocycles. The van der Waals surface area contributed by atoms with E-state index in [1.165, 1.54) is 17.4 Å². The lowest BCUT2D eigenvalue weighted by Crippen LogP contribution is -2.43. The summed E-state index contributed by atoms with van der Waals surface area (Å²) in [5.74, 6) is -0.258. The number of nitrogens with one attached hydrogen (secondary N) is 1. The summed E-state index contributed by atoms with van der Waals surface area (Å²) < 4.78 is 34.9. The molecule has 1 saturated heterocycles. The van der Waals surface area contributed by atoms with Crippen LogP contribution in [-0.2, 0) is 19.6 Å². The van der Waals surface area contributed by atoms with Crippen molar-refractivity contribution in [1.29, 1.82) is 0 Å². The van der Waals surface area contributed by atoms with Crippen molar-refractivity contribution in [3.63, 3.8) is 0 Å². The average molecular weight is 484 g/mol. The average Bonchev–Trinajstić information content (AvgIpc) is 3.50. The molecule has 8 nitrogen and oxygen atoms in total. The van der Waals surface area contributed by atoms with Gasteiger partial charge in [-0.3, -0.25) is 4.79 Å². The van der Waals surface area contributed by atoms with Crippen LogP contribution in [0.5, 0.6) is 0 Å². The third-order valence-electron chi connectivity index (χ3n) is 5.70. The van der Waals surface area contributed by atoms with Crippen molar-refractivity contribution in [2.45, 2.75) is 30.7 Å². The van der Waals surface area contributed by atoms with E-state index >= 15 is 0 Å². The quantitative estimate of drug-likeness (QED) is 0.568. The van der Waals surface area contributed by atoms with E-state index in [0.29, 0.717) is 41.5 Å². The van der Waals surface area contributed by atoms with E-state index in [4.69, 9.17) is 4.74 Å². The zero-order valence-electron chi connectivity index (χ0n) is 17.8. The standard InChI is InChI=1S/C23H21N3O5S2/c1-2-31-23(28)19-13-14-12-15(9-10-18(14)32-19)24-22(27)17-7-5-11-26(17)21-16-6-3-4-8-20(16)33(29,30)25-21/h3-4,6,8-10,12-13,17H,2,5,7,11H2,1H3,(H,24,27)/t17-/m0/s1. The number of esters is 1. The van der Waals surface area contributed by atoms with Gasteiger partial charge in [0.2, 0.25) is 5.91 Å². The van der Waals surface area contributed by atoms with E-state index in [1.807, 2.05) is 12.1 Å². The summed E-state index contributed by atoms with van der Waals surface area (Å²) in [4.78, 5) is 27.6. The SMILES string of the molecule is CCOC(=O)c1cc2cc(NC(=O)[C@@H]3CCCN3C3=NS(=O)(=O)c4ccccc43)ccc2s1. The van der Waals surface area contributed by atoms with E-state index in [9.17, 15) is 18.0 Å². The second-order valence-corrected chi connectivity index (χ2v) is 10.5. The Balaban J connectivity index is 1.38. The van der Waals surface area contributed by atoms with Crippen LogP contribution in [0.1, 0.15) is 35.0 Å². The van der Waals surface area contributed by atoms with Gasteiger partial charge in [0.05, 0.1) is 6.61 Å². The lowest BCUT2D eigenvalue weighted by Gasteiger charge is -2.25. The molecule has 0 aliphatic carbocycles. The zero-order chi connectivity index (χ0) is 23.2. The summed E-state index contributed by atoms with van der Waals surface area (Å²) in [7, 11) is -3.76. The molecule has 1 atom stereocenters. The Labute approximate surface area is 194 Å². The first-order chi connectivity index (χ1) is 15.9. The first kappa shape index (κ1) is 21.6. The highest BCUT2D eigenvalue weighted by molar-refractivity contribution is 7.90. The maximum absolute atomic E-state index is 13.2. The maximum Gasteiger partial charge on any atom is 0.348 e. The molecule has 0 radical (unpaired) electrons. The van der Waals surface area contributed by atoms with Crippen LogP contribution in [-0.4, -0.2) is 50.2 Å². The molecular formula is C23H21N3O5S2. The van der Waals surface area contributed by atoms with Crippen LogP contribution >= 0.6 is 11.3 Å². The molecule has 0 bridgehead atoms. The van der Waals surface area contributed by atoms with Crippen molar-refractivity contribution in [2.75, 3.05) is 18.5 Å². The Morgan fingerprint density at radius 3 is 2.85 bits per heavy atom. The predicted molar refractivity (Wildman–Crippen MR) is 126 cm³/mol. The number of amidine groups is 1. The largest absolute Gasteiger partial charge is 0.462 e. The number of amides is 1. The lowest BCUT2D eigenvalue weighted by molar-refractivity contribution is -0.119. The fraction of sp³-hybridized carbons (Fsp3) is 0.261. The molecule has 33 heavy (non-hydrogen) atoms. The molecule has 2 aliphatic heterocycles. The summed E-state index contributed by atoms with van der Waals surface area (Å²) in [6, 6.07) is 13.4. The number of sulfonamides is 1. The van der Waals surface area contributed by atoms with Crippen molar-refractivity contribution >= 4 is 54.8 Å². The molecule has 10 heteroatoms. The fourth-order valence-corrected chi connectivity index (χ4v) is 6.39. The summed E-state index contributed by atoms with van der Waals surface area (Å²) >= 11 is 1.34. The van der Waals surface area contributed by atoms with E-state index in [-0.39, 0.29) is 16.8 Å². The van der Waals surface area contributed by atoms with E-state index in [1.54, 1.807) is 42.2 Å². The van der Waals surface area contributed by atoms with E-state index in [2.05, 4.69) is 9.71 Å². The van der Waals surface area contributed by atoms with Crippen LogP contribution in [0.3, 0.4) is 0 Å². The highest BCUT2D eigenvalue weighted by Crippen LogP contribution is 2.32. The number of fused-ring (bicyclic) bond motifs is 2. The monoisotopic (exact) mass is 483 g/mol. The number of nitrogens with zero attached hydrogens (tertiary/aromatic N) is 2. The number of rotatable bonds is 4. The minimum absolute atomic E-state index is 0.173. The molecule has 1 aromatic heterocycles. The summed E-state index contributed by atoms with van der Waals surface area (Å²) in [6.45, 7) is 2.62. The van der Waals surface area contributed by atoms with Gasteiger partial charge in [-0.25, -0.2) is 4.79 Å². The molecule has 3 aromatic rings. The highest BCUT2D eigenvalue weighted by Gasteiger charge is 2.39. The molecule has 1 fully saturated rings. The van der Waals surface area contributed by atoms with Gasteiger partial charge >= 0.3 is 5.97 Å². The molecule has 0 unspecified atom stereocenters. The summed E-state index contributed by atoms with van der Waals surface area (Å²) in [5, 5.41) is 3.78. The minimum Gasteiger partial charge on any atom is -0.462 e. The number of carbonyl (C=O) groups excluding carboxylic acids is 2. The molecule has 5 rings (SSSR count). The number of hydrogen-bond donors (Lipinski definition) is 1. The number of anilines is 1. The van der Waals surface area contributed by atoms with Gasteiger partial charge in [-0.05, 0) is 61.5 Å². The van der Waals surface area contributed by atoms with Crippen LogP contribution in [0.25, 0.3) is 10.1 Å². The van der Waals surface area contributed by atoms with Crippen molar-refractivity contribution in [2.24, 2.45) is 4.40 Å². The number of hydrogen-bond acceptors (Lipinski definition) is 7. The Bertz CT molecular complexity index is 1410. The molecule has 1 N–H and O–H groups in total. The predicted octanol–water partition coefficient (Wildman–Crippen LogP) is 3.63. The van der Waals surface area contributed by atoms with Crippen molar-refractivity contribution in [3.05, 3.63) is 59.0 Å². The number of thiophene rings is 1. The molecule has 0 saturated carbocycles. The molecule has 0 spiro atoms.